The minimum Gasteiger partial charge on any atom is -0.497 e. The molecular formula is C20H21N3O3. The Bertz CT molecular complexity index is 964. The molecule has 1 heterocycles. The summed E-state index contributed by atoms with van der Waals surface area (Å²) in [5, 5.41) is 8.36. The molecule has 134 valence electrons. The first-order chi connectivity index (χ1) is 12.6. The third kappa shape index (κ3) is 4.14. The van der Waals surface area contributed by atoms with Gasteiger partial charge in [0.25, 0.3) is 5.56 Å². The fourth-order valence-corrected chi connectivity index (χ4v) is 2.98. The molecule has 6 heteroatoms. The van der Waals surface area contributed by atoms with Crippen LogP contribution in [0.1, 0.15) is 18.9 Å². The van der Waals surface area contributed by atoms with E-state index < -0.39 is 0 Å². The second kappa shape index (κ2) is 7.91. The number of ether oxygens (including phenoxy) is 1. The van der Waals surface area contributed by atoms with Crippen LogP contribution in [0.2, 0.25) is 0 Å². The fourth-order valence-electron chi connectivity index (χ4n) is 2.98. The molecule has 0 amide bonds. The van der Waals surface area contributed by atoms with E-state index in [1.165, 1.54) is 0 Å². The number of carbonyl (C=O) groups excluding carboxylic acids is 1. The van der Waals surface area contributed by atoms with Gasteiger partial charge in [0, 0.05) is 6.42 Å². The van der Waals surface area contributed by atoms with E-state index in [2.05, 4.69) is 10.3 Å². The van der Waals surface area contributed by atoms with Gasteiger partial charge in [0.2, 0.25) is 0 Å². The number of carbonyl (C=O) groups is 1. The summed E-state index contributed by atoms with van der Waals surface area (Å²) in [5.74, 6) is 0.949. The highest BCUT2D eigenvalue weighted by atomic mass is 16.5. The van der Waals surface area contributed by atoms with Crippen molar-refractivity contribution in [2.45, 2.75) is 26.3 Å². The lowest BCUT2D eigenvalue weighted by atomic mass is 9.96. The Morgan fingerprint density at radius 3 is 2.62 bits per heavy atom. The molecular weight excluding hydrogens is 330 g/mol. The number of Topliss-reactive ketones (excluding diaryl/α,β-unsaturated/α-hetero) is 1. The first kappa shape index (κ1) is 17.8. The maximum atomic E-state index is 12.4. The molecule has 0 radical (unpaired) electrons. The van der Waals surface area contributed by atoms with Crippen LogP contribution in [0, 0.1) is 5.92 Å². The van der Waals surface area contributed by atoms with E-state index in [1.807, 2.05) is 31.2 Å². The number of rotatable bonds is 7. The van der Waals surface area contributed by atoms with E-state index in [-0.39, 0.29) is 23.8 Å². The van der Waals surface area contributed by atoms with Gasteiger partial charge in [-0.05, 0) is 42.2 Å². The van der Waals surface area contributed by atoms with Gasteiger partial charge in [-0.1, -0.05) is 36.4 Å². The molecule has 3 rings (SSSR count). The first-order valence-electron chi connectivity index (χ1n) is 8.54. The molecule has 0 aliphatic rings. The van der Waals surface area contributed by atoms with Gasteiger partial charge >= 0.3 is 0 Å². The van der Waals surface area contributed by atoms with Gasteiger partial charge in [-0.2, -0.15) is 0 Å². The zero-order valence-corrected chi connectivity index (χ0v) is 14.9. The monoisotopic (exact) mass is 351 g/mol. The van der Waals surface area contributed by atoms with E-state index in [0.29, 0.717) is 17.3 Å². The molecule has 1 aromatic heterocycles. The molecule has 2 aromatic carbocycles. The molecule has 0 saturated heterocycles. The number of ketones is 1. The van der Waals surface area contributed by atoms with Crippen LogP contribution in [0.4, 0.5) is 0 Å². The van der Waals surface area contributed by atoms with Crippen molar-refractivity contribution in [2.24, 2.45) is 5.92 Å². The lowest BCUT2D eigenvalue weighted by Gasteiger charge is -2.11. The first-order valence-corrected chi connectivity index (χ1v) is 8.54. The average molecular weight is 351 g/mol. The standard InChI is InChI=1S/C20H21N3O3/c1-14(11-15-7-9-17(26-2)10-8-15)12-16(24)13-23-20(25)18-5-3-4-6-19(18)21-22-23/h3-10,14H,11-13H2,1-2H3/t14-/m0/s1. The third-order valence-corrected chi connectivity index (χ3v) is 4.27. The molecule has 1 atom stereocenters. The largest absolute Gasteiger partial charge is 0.497 e. The molecule has 0 spiro atoms. The summed E-state index contributed by atoms with van der Waals surface area (Å²) >= 11 is 0. The van der Waals surface area contributed by atoms with Crippen LogP contribution in [0.3, 0.4) is 0 Å². The zero-order valence-electron chi connectivity index (χ0n) is 14.9. The number of methoxy groups -OCH3 is 1. The van der Waals surface area contributed by atoms with Crippen molar-refractivity contribution in [3.63, 3.8) is 0 Å². The van der Waals surface area contributed by atoms with Crippen molar-refractivity contribution in [3.8, 4) is 5.75 Å². The van der Waals surface area contributed by atoms with E-state index in [0.717, 1.165) is 22.4 Å². The van der Waals surface area contributed by atoms with Crippen LogP contribution in [0.25, 0.3) is 10.9 Å². The second-order valence-electron chi connectivity index (χ2n) is 6.47. The van der Waals surface area contributed by atoms with Crippen LogP contribution < -0.4 is 10.3 Å². The van der Waals surface area contributed by atoms with Gasteiger partial charge in [0.15, 0.2) is 5.78 Å². The third-order valence-electron chi connectivity index (χ3n) is 4.27. The van der Waals surface area contributed by atoms with Crippen molar-refractivity contribution in [1.82, 2.24) is 15.0 Å². The SMILES string of the molecule is COc1ccc(C[C@H](C)CC(=O)Cn2nnc3ccccc3c2=O)cc1. The van der Waals surface area contributed by atoms with Gasteiger partial charge in [-0.25, -0.2) is 4.68 Å². The van der Waals surface area contributed by atoms with Gasteiger partial charge in [-0.15, -0.1) is 5.10 Å². The van der Waals surface area contributed by atoms with Gasteiger partial charge in [-0.3, -0.25) is 9.59 Å². The van der Waals surface area contributed by atoms with Crippen LogP contribution in [0.5, 0.6) is 5.75 Å². The summed E-state index contributed by atoms with van der Waals surface area (Å²) in [6.45, 7) is 1.97. The highest BCUT2D eigenvalue weighted by molar-refractivity contribution is 5.79. The van der Waals surface area contributed by atoms with Gasteiger partial charge < -0.3 is 4.74 Å². The Balaban J connectivity index is 1.63. The molecule has 0 unspecified atom stereocenters. The second-order valence-corrected chi connectivity index (χ2v) is 6.47. The zero-order chi connectivity index (χ0) is 18.5. The van der Waals surface area contributed by atoms with Crippen LogP contribution in [-0.2, 0) is 17.8 Å². The number of fused-ring (bicyclic) bond motifs is 1. The summed E-state index contributed by atoms with van der Waals surface area (Å²) in [6.07, 6.45) is 1.17. The van der Waals surface area contributed by atoms with Crippen molar-refractivity contribution in [3.05, 3.63) is 64.4 Å². The Labute approximate surface area is 151 Å². The molecule has 0 N–H and O–H groups in total. The Morgan fingerprint density at radius 2 is 1.88 bits per heavy atom. The Morgan fingerprint density at radius 1 is 1.15 bits per heavy atom. The summed E-state index contributed by atoms with van der Waals surface area (Å²) < 4.78 is 6.29. The molecule has 0 aliphatic heterocycles. The van der Waals surface area contributed by atoms with E-state index in [1.54, 1.807) is 31.4 Å². The van der Waals surface area contributed by atoms with Crippen molar-refractivity contribution in [1.29, 1.82) is 0 Å². The quantitative estimate of drug-likeness (QED) is 0.654. The Hall–Kier alpha value is -3.02. The predicted molar refractivity (Wildman–Crippen MR) is 99.3 cm³/mol. The molecule has 0 saturated carbocycles. The molecule has 3 aromatic rings. The minimum atomic E-state index is -0.285. The van der Waals surface area contributed by atoms with Crippen molar-refractivity contribution < 1.29 is 9.53 Å². The number of benzene rings is 2. The topological polar surface area (TPSA) is 74.1 Å². The van der Waals surface area contributed by atoms with Crippen molar-refractivity contribution in [2.75, 3.05) is 7.11 Å². The van der Waals surface area contributed by atoms with Crippen LogP contribution in [0.15, 0.2) is 53.3 Å². The number of hydrogen-bond donors (Lipinski definition) is 0. The average Bonchev–Trinajstić information content (AvgIpc) is 2.65. The number of nitrogens with zero attached hydrogens (tertiary/aromatic N) is 3. The van der Waals surface area contributed by atoms with Gasteiger partial charge in [0.1, 0.15) is 17.8 Å². The lowest BCUT2D eigenvalue weighted by molar-refractivity contribution is -0.120. The fraction of sp³-hybridized carbons (Fsp3) is 0.300. The molecule has 26 heavy (non-hydrogen) atoms. The van der Waals surface area contributed by atoms with Crippen molar-refractivity contribution >= 4 is 16.7 Å². The maximum Gasteiger partial charge on any atom is 0.278 e. The molecule has 0 aliphatic carbocycles. The predicted octanol–water partition coefficient (Wildman–Crippen LogP) is 2.64. The number of aromatic nitrogens is 3. The normalized spacial score (nSPS) is 12.1. The highest BCUT2D eigenvalue weighted by Crippen LogP contribution is 2.16. The summed E-state index contributed by atoms with van der Waals surface area (Å²) in [4.78, 5) is 24.8. The van der Waals surface area contributed by atoms with Gasteiger partial charge in [0.05, 0.1) is 12.5 Å². The van der Waals surface area contributed by atoms with E-state index in [4.69, 9.17) is 4.74 Å². The van der Waals surface area contributed by atoms with Crippen LogP contribution >= 0.6 is 0 Å². The summed E-state index contributed by atoms with van der Waals surface area (Å²) in [7, 11) is 1.63. The highest BCUT2D eigenvalue weighted by Gasteiger charge is 2.13. The van der Waals surface area contributed by atoms with E-state index >= 15 is 0 Å². The lowest BCUT2D eigenvalue weighted by Crippen LogP contribution is -2.28. The molecule has 0 bridgehead atoms. The summed E-state index contributed by atoms with van der Waals surface area (Å²) in [5.41, 5.74) is 1.40. The minimum absolute atomic E-state index is 0.0299. The number of hydrogen-bond acceptors (Lipinski definition) is 5. The summed E-state index contributed by atoms with van der Waals surface area (Å²) in [6, 6.07) is 14.8. The van der Waals surface area contributed by atoms with Crippen LogP contribution in [-0.4, -0.2) is 27.9 Å². The molecule has 0 fully saturated rings. The smallest absolute Gasteiger partial charge is 0.278 e. The molecule has 6 nitrogen and oxygen atoms in total. The maximum absolute atomic E-state index is 12.4. The Kier molecular flexibility index (Phi) is 5.41. The van der Waals surface area contributed by atoms with E-state index in [9.17, 15) is 9.59 Å².